The molecule has 75 heavy (non-hydrogen) atoms. The molecule has 12 aliphatic rings. The van der Waals surface area contributed by atoms with E-state index in [1.807, 2.05) is 0 Å². The summed E-state index contributed by atoms with van der Waals surface area (Å²) in [6.07, 6.45) is 10.1. The molecule has 0 spiro atoms. The molecule has 15 heterocycles. The average molecular weight is 1030 g/mol. The summed E-state index contributed by atoms with van der Waals surface area (Å²) in [5.74, 6) is 8.29. The van der Waals surface area contributed by atoms with Crippen molar-refractivity contribution in [3.05, 3.63) is 35.9 Å². The number of anilines is 12. The Kier molecular flexibility index (Phi) is 15.7. The van der Waals surface area contributed by atoms with Gasteiger partial charge in [-0.2, -0.15) is 59.8 Å². The van der Waals surface area contributed by atoms with Gasteiger partial charge < -0.3 is 60.5 Å². The first-order valence-electron chi connectivity index (χ1n) is 27.9. The number of benzene rings is 1. The Morgan fingerprint density at radius 2 is 0.760 bits per heavy atom. The van der Waals surface area contributed by atoms with E-state index in [4.69, 9.17) is 59.8 Å². The third-order valence-corrected chi connectivity index (χ3v) is 15.0. The highest BCUT2D eigenvalue weighted by Gasteiger charge is 2.31. The summed E-state index contributed by atoms with van der Waals surface area (Å²) in [6, 6.07) is 10.9. The Bertz CT molecular complexity index is 2620. The minimum Gasteiger partial charge on any atom is -0.354 e. The van der Waals surface area contributed by atoms with Gasteiger partial charge >= 0.3 is 0 Å². The second kappa shape index (κ2) is 23.6. The lowest BCUT2D eigenvalue weighted by molar-refractivity contribution is 0.460. The predicted octanol–water partition coefficient (Wildman–Crippen LogP) is 4.12. The number of rotatable bonds is 14. The van der Waals surface area contributed by atoms with Crippen LogP contribution in [-0.2, 0) is 6.42 Å². The third-order valence-electron chi connectivity index (χ3n) is 15.0. The van der Waals surface area contributed by atoms with E-state index in [2.05, 4.69) is 112 Å². The van der Waals surface area contributed by atoms with Crippen LogP contribution in [0.15, 0.2) is 30.3 Å². The van der Waals surface area contributed by atoms with Crippen LogP contribution in [0.5, 0.6) is 0 Å². The molecule has 24 nitrogen and oxygen atoms in total. The van der Waals surface area contributed by atoms with Crippen molar-refractivity contribution in [2.24, 2.45) is 5.92 Å². The predicted molar refractivity (Wildman–Crippen MR) is 297 cm³/mol. The van der Waals surface area contributed by atoms with Crippen molar-refractivity contribution < 1.29 is 0 Å². The molecule has 0 atom stereocenters. The minimum absolute atomic E-state index is 0.348. The minimum atomic E-state index is 0.348. The lowest BCUT2D eigenvalue weighted by Gasteiger charge is -2.38. The van der Waals surface area contributed by atoms with E-state index in [1.165, 1.54) is 24.8 Å². The van der Waals surface area contributed by atoms with Crippen molar-refractivity contribution >= 4 is 71.4 Å². The smallest absolute Gasteiger partial charge is 0.232 e. The average Bonchev–Trinajstić information content (AvgIpc) is 3.46. The van der Waals surface area contributed by atoms with Gasteiger partial charge in [-0.3, -0.25) is 0 Å². The maximum Gasteiger partial charge on any atom is 0.232 e. The van der Waals surface area contributed by atoms with Crippen molar-refractivity contribution in [2.75, 3.05) is 185 Å². The van der Waals surface area contributed by atoms with E-state index in [0.29, 0.717) is 195 Å². The molecule has 24 heteroatoms. The van der Waals surface area contributed by atoms with Crippen molar-refractivity contribution in [1.29, 1.82) is 0 Å². The number of aromatic nitrogens is 12. The van der Waals surface area contributed by atoms with Gasteiger partial charge in [0.25, 0.3) is 0 Å². The molecular formula is C51H76N24. The van der Waals surface area contributed by atoms with Gasteiger partial charge in [0, 0.05) is 130 Å². The fourth-order valence-corrected chi connectivity index (χ4v) is 10.5. The maximum absolute atomic E-state index is 5.22. The van der Waals surface area contributed by atoms with Crippen LogP contribution in [0.2, 0.25) is 0 Å². The Balaban J connectivity index is 0.910. The number of hydrogen-bond donors (Lipinski definition) is 4. The van der Waals surface area contributed by atoms with Crippen LogP contribution >= 0.6 is 0 Å². The van der Waals surface area contributed by atoms with E-state index < -0.39 is 0 Å². The van der Waals surface area contributed by atoms with Crippen LogP contribution in [0.25, 0.3) is 0 Å². The van der Waals surface area contributed by atoms with Crippen LogP contribution in [-0.4, -0.2) is 190 Å². The van der Waals surface area contributed by atoms with Crippen molar-refractivity contribution in [3.63, 3.8) is 0 Å². The fraction of sp³-hybridized carbons (Fsp3) is 0.647. The molecule has 400 valence electrons. The molecule has 0 unspecified atom stereocenters. The molecule has 4 aromatic heterocycles. The largest absolute Gasteiger partial charge is 0.354 e. The molecular weight excluding hydrogens is 949 g/mol. The van der Waals surface area contributed by atoms with Crippen LogP contribution < -0.4 is 60.5 Å². The fourth-order valence-electron chi connectivity index (χ4n) is 10.5. The lowest BCUT2D eigenvalue weighted by atomic mass is 9.96. The van der Waals surface area contributed by atoms with Gasteiger partial charge in [-0.25, -0.2) is 0 Å². The lowest BCUT2D eigenvalue weighted by Crippen LogP contribution is -2.50. The van der Waals surface area contributed by atoms with Gasteiger partial charge in [-0.1, -0.05) is 83.2 Å². The Labute approximate surface area is 441 Å². The summed E-state index contributed by atoms with van der Waals surface area (Å²) in [4.78, 5) is 79.4. The Hall–Kier alpha value is -7.14. The summed E-state index contributed by atoms with van der Waals surface area (Å²) in [5.41, 5.74) is 1.26. The van der Waals surface area contributed by atoms with E-state index >= 15 is 0 Å². The first-order valence-corrected chi connectivity index (χ1v) is 27.9. The number of nitrogens with one attached hydrogen (secondary N) is 4. The SMILES string of the molecule is CCCCCNc1nc2nc(n1)N1CCN(CC1)c1nc(NCC(C)C)nc(n1)N1CCN(CC1)c1nc(NC3CCCCC3)nc(n1)N1CCN(CC1)c1nc(NCCc3ccccc3)nc(n1)N1CCN2CC1. The van der Waals surface area contributed by atoms with Gasteiger partial charge in [-0.05, 0) is 37.2 Å². The van der Waals surface area contributed by atoms with Gasteiger partial charge in [-0.15, -0.1) is 0 Å². The van der Waals surface area contributed by atoms with E-state index in [0.717, 1.165) is 51.6 Å². The molecule has 0 radical (unpaired) electrons. The number of piperazine rings is 4. The van der Waals surface area contributed by atoms with Gasteiger partial charge in [0.15, 0.2) is 0 Å². The quantitative estimate of drug-likeness (QED) is 0.115. The van der Waals surface area contributed by atoms with Crippen LogP contribution in [0.4, 0.5) is 71.4 Å². The highest BCUT2D eigenvalue weighted by molar-refractivity contribution is 5.54. The number of unbranched alkanes of at least 4 members (excludes halogenated alkanes) is 2. The van der Waals surface area contributed by atoms with Crippen molar-refractivity contribution in [1.82, 2.24) is 59.8 Å². The summed E-state index contributed by atoms with van der Waals surface area (Å²) < 4.78 is 0. The zero-order valence-corrected chi connectivity index (χ0v) is 44.3. The van der Waals surface area contributed by atoms with Gasteiger partial charge in [0.05, 0.1) is 0 Å². The Morgan fingerprint density at radius 3 is 1.12 bits per heavy atom. The van der Waals surface area contributed by atoms with Crippen molar-refractivity contribution in [2.45, 2.75) is 84.6 Å². The second-order valence-corrected chi connectivity index (χ2v) is 21.0. The zero-order valence-electron chi connectivity index (χ0n) is 44.3. The molecule has 17 rings (SSSR count). The molecule has 5 fully saturated rings. The van der Waals surface area contributed by atoms with E-state index in [-0.39, 0.29) is 0 Å². The van der Waals surface area contributed by atoms with E-state index in [1.54, 1.807) is 0 Å². The summed E-state index contributed by atoms with van der Waals surface area (Å²) >= 11 is 0. The molecule has 4 saturated heterocycles. The highest BCUT2D eigenvalue weighted by atomic mass is 15.5. The van der Waals surface area contributed by atoms with Gasteiger partial charge in [0.1, 0.15) is 0 Å². The first kappa shape index (κ1) is 50.0. The molecule has 1 aromatic carbocycles. The molecule has 11 aliphatic heterocycles. The maximum atomic E-state index is 5.22. The summed E-state index contributed by atoms with van der Waals surface area (Å²) in [6.45, 7) is 20.0. The monoisotopic (exact) mass is 1020 g/mol. The van der Waals surface area contributed by atoms with E-state index in [9.17, 15) is 0 Å². The summed E-state index contributed by atoms with van der Waals surface area (Å²) in [5, 5.41) is 14.4. The zero-order chi connectivity index (χ0) is 50.9. The second-order valence-electron chi connectivity index (χ2n) is 21.0. The first-order chi connectivity index (χ1) is 36.8. The normalized spacial score (nSPS) is 18.2. The molecule has 1 saturated carbocycles. The molecule has 0 amide bonds. The van der Waals surface area contributed by atoms with Crippen LogP contribution in [0.1, 0.15) is 77.7 Å². The van der Waals surface area contributed by atoms with Crippen molar-refractivity contribution in [3.8, 4) is 0 Å². The molecule has 16 bridgehead atoms. The molecule has 1 aliphatic carbocycles. The third kappa shape index (κ3) is 12.5. The summed E-state index contributed by atoms with van der Waals surface area (Å²) in [7, 11) is 0. The van der Waals surface area contributed by atoms with Crippen LogP contribution in [0, 0.1) is 5.92 Å². The Morgan fingerprint density at radius 1 is 0.413 bits per heavy atom. The topological polar surface area (TPSA) is 229 Å². The number of nitrogens with zero attached hydrogens (tertiary/aromatic N) is 20. The standard InChI is InChI=1S/C51H76N24/c1-4-5-12-18-52-40-56-44-64-45(57-40)69-24-26-72(27-25-69)48-60-42(54-36-37(2)3)61-49(66-48)73-30-34-75(35-31-73)51-63-43(55-39-15-10-7-11-16-39)62-50(67-51)74-32-28-71(29-33-74)47-59-41(53-19-17-38-13-8-6-9-14-38)58-46(65-47)70-22-20-68(44)21-23-70/h6,8-9,13-14,37,39H,4-5,7,10-12,15-36H2,1-3H3,(H,52,56,57,64)(H,53,58,59,65)(H,54,60,61,66)(H,55,62,63,67). The number of hydrogen-bond acceptors (Lipinski definition) is 24. The van der Waals surface area contributed by atoms with Gasteiger partial charge in [0.2, 0.25) is 71.4 Å². The van der Waals surface area contributed by atoms with Crippen LogP contribution in [0.3, 0.4) is 0 Å². The molecule has 5 aromatic rings. The molecule has 4 N–H and O–H groups in total. The highest BCUT2D eigenvalue weighted by Crippen LogP contribution is 2.28.